The SMILES string of the molecule is Cc1ccc(C(=O)N2CCSC2)c(C2CCN(C(=S)NCCN3CCOCC3)CC2)n1. The summed E-state index contributed by atoms with van der Waals surface area (Å²) < 4.78 is 5.40. The molecule has 4 heterocycles. The monoisotopic (exact) mass is 463 g/mol. The Labute approximate surface area is 194 Å². The first-order valence-electron chi connectivity index (χ1n) is 11.3. The fourth-order valence-electron chi connectivity index (χ4n) is 4.43. The number of aromatic nitrogens is 1. The fraction of sp³-hybridized carbons (Fsp3) is 0.682. The van der Waals surface area contributed by atoms with Gasteiger partial charge in [-0.25, -0.2) is 0 Å². The lowest BCUT2D eigenvalue weighted by Crippen LogP contribution is -2.47. The lowest BCUT2D eigenvalue weighted by atomic mass is 9.90. The van der Waals surface area contributed by atoms with E-state index in [1.165, 1.54) is 0 Å². The first-order valence-corrected chi connectivity index (χ1v) is 12.9. The lowest BCUT2D eigenvalue weighted by molar-refractivity contribution is 0.0388. The maximum atomic E-state index is 13.1. The number of morpholine rings is 1. The number of hydrogen-bond acceptors (Lipinski definition) is 6. The summed E-state index contributed by atoms with van der Waals surface area (Å²) in [5, 5.41) is 4.27. The van der Waals surface area contributed by atoms with Crippen LogP contribution in [-0.4, -0.2) is 101 Å². The summed E-state index contributed by atoms with van der Waals surface area (Å²) in [5.74, 6) is 2.25. The number of thiocarbonyl (C=S) groups is 1. The van der Waals surface area contributed by atoms with Gasteiger partial charge >= 0.3 is 0 Å². The van der Waals surface area contributed by atoms with Crippen LogP contribution in [0.25, 0.3) is 0 Å². The standard InChI is InChI=1S/C22H33N5O2S2/c1-17-2-3-19(21(28)27-12-15-31-16-27)20(24-17)18-4-7-26(8-5-18)22(30)23-6-9-25-10-13-29-14-11-25/h2-3,18H,4-16H2,1H3,(H,23,30). The molecule has 3 saturated heterocycles. The first kappa shape index (κ1) is 22.8. The summed E-state index contributed by atoms with van der Waals surface area (Å²) in [6.45, 7) is 10.1. The Hall–Kier alpha value is -1.42. The van der Waals surface area contributed by atoms with Crippen molar-refractivity contribution in [2.75, 3.05) is 70.7 Å². The molecule has 0 saturated carbocycles. The van der Waals surface area contributed by atoms with Crippen molar-refractivity contribution in [2.45, 2.75) is 25.7 Å². The summed E-state index contributed by atoms with van der Waals surface area (Å²) in [6.07, 6.45) is 1.94. The van der Waals surface area contributed by atoms with Crippen LogP contribution in [0.1, 0.15) is 40.5 Å². The Morgan fingerprint density at radius 3 is 2.68 bits per heavy atom. The van der Waals surface area contributed by atoms with Crippen LogP contribution in [-0.2, 0) is 4.74 Å². The van der Waals surface area contributed by atoms with Crippen molar-refractivity contribution in [1.82, 2.24) is 25.0 Å². The van der Waals surface area contributed by atoms with E-state index in [1.54, 1.807) is 0 Å². The van der Waals surface area contributed by atoms with Crippen molar-refractivity contribution in [3.8, 4) is 0 Å². The molecule has 0 unspecified atom stereocenters. The Bertz CT molecular complexity index is 773. The maximum Gasteiger partial charge on any atom is 0.256 e. The molecule has 1 N–H and O–H groups in total. The molecule has 3 aliphatic rings. The number of rotatable bonds is 5. The molecule has 3 aliphatic heterocycles. The number of nitrogens with zero attached hydrogens (tertiary/aromatic N) is 4. The minimum atomic E-state index is 0.134. The summed E-state index contributed by atoms with van der Waals surface area (Å²) >= 11 is 7.47. The second-order valence-electron chi connectivity index (χ2n) is 8.44. The molecule has 31 heavy (non-hydrogen) atoms. The number of thioether (sulfide) groups is 1. The largest absolute Gasteiger partial charge is 0.379 e. The Morgan fingerprint density at radius 2 is 1.97 bits per heavy atom. The highest BCUT2D eigenvalue weighted by Crippen LogP contribution is 2.31. The molecule has 4 rings (SSSR count). The third-order valence-electron chi connectivity index (χ3n) is 6.31. The first-order chi connectivity index (χ1) is 15.1. The summed E-state index contributed by atoms with van der Waals surface area (Å²) in [7, 11) is 0. The van der Waals surface area contributed by atoms with Gasteiger partial charge in [-0.15, -0.1) is 11.8 Å². The zero-order valence-corrected chi connectivity index (χ0v) is 20.0. The Morgan fingerprint density at radius 1 is 1.19 bits per heavy atom. The molecular formula is C22H33N5O2S2. The zero-order valence-electron chi connectivity index (χ0n) is 18.3. The van der Waals surface area contributed by atoms with Crippen LogP contribution in [0.5, 0.6) is 0 Å². The molecule has 0 aliphatic carbocycles. The Kier molecular flexibility index (Phi) is 8.03. The average molecular weight is 464 g/mol. The van der Waals surface area contributed by atoms with E-state index in [0.717, 1.165) is 106 Å². The molecule has 1 aromatic heterocycles. The highest BCUT2D eigenvalue weighted by molar-refractivity contribution is 7.99. The summed E-state index contributed by atoms with van der Waals surface area (Å²) in [6, 6.07) is 3.94. The van der Waals surface area contributed by atoms with E-state index in [-0.39, 0.29) is 5.91 Å². The van der Waals surface area contributed by atoms with Crippen molar-refractivity contribution in [1.29, 1.82) is 0 Å². The number of carbonyl (C=O) groups is 1. The van der Waals surface area contributed by atoms with Crippen LogP contribution in [0.4, 0.5) is 0 Å². The van der Waals surface area contributed by atoms with E-state index in [2.05, 4.69) is 15.1 Å². The number of piperidine rings is 1. The quantitative estimate of drug-likeness (QED) is 0.665. The molecule has 7 nitrogen and oxygen atoms in total. The van der Waals surface area contributed by atoms with Crippen LogP contribution in [0.3, 0.4) is 0 Å². The maximum absolute atomic E-state index is 13.1. The van der Waals surface area contributed by atoms with Crippen LogP contribution in [0.15, 0.2) is 12.1 Å². The lowest BCUT2D eigenvalue weighted by Gasteiger charge is -2.35. The average Bonchev–Trinajstić information content (AvgIpc) is 3.34. The minimum absolute atomic E-state index is 0.134. The molecule has 0 aromatic carbocycles. The van der Waals surface area contributed by atoms with E-state index >= 15 is 0 Å². The molecule has 1 amide bonds. The van der Waals surface area contributed by atoms with Crippen LogP contribution in [0.2, 0.25) is 0 Å². The summed E-state index contributed by atoms with van der Waals surface area (Å²) in [4.78, 5) is 24.5. The molecule has 0 bridgehead atoms. The van der Waals surface area contributed by atoms with Gasteiger partial charge in [-0.3, -0.25) is 14.7 Å². The van der Waals surface area contributed by atoms with Gasteiger partial charge in [-0.05, 0) is 44.1 Å². The van der Waals surface area contributed by atoms with Crippen molar-refractivity contribution in [3.05, 3.63) is 29.1 Å². The number of carbonyl (C=O) groups excluding carboxylic acids is 1. The van der Waals surface area contributed by atoms with Crippen molar-refractivity contribution in [2.24, 2.45) is 0 Å². The van der Waals surface area contributed by atoms with Gasteiger partial charge < -0.3 is 19.9 Å². The third kappa shape index (κ3) is 5.88. The molecule has 0 spiro atoms. The number of ether oxygens (including phenoxy) is 1. The summed E-state index contributed by atoms with van der Waals surface area (Å²) in [5.41, 5.74) is 2.75. The normalized spacial score (nSPS) is 20.8. The number of hydrogen-bond donors (Lipinski definition) is 1. The van der Waals surface area contributed by atoms with Gasteiger partial charge in [-0.1, -0.05) is 0 Å². The predicted octanol–water partition coefficient (Wildman–Crippen LogP) is 1.92. The van der Waals surface area contributed by atoms with Crippen LogP contribution < -0.4 is 5.32 Å². The second-order valence-corrected chi connectivity index (χ2v) is 9.90. The van der Waals surface area contributed by atoms with E-state index in [9.17, 15) is 4.79 Å². The highest BCUT2D eigenvalue weighted by Gasteiger charge is 2.29. The fourth-order valence-corrected chi connectivity index (χ4v) is 5.66. The molecule has 170 valence electrons. The van der Waals surface area contributed by atoms with Crippen molar-refractivity contribution >= 4 is 35.0 Å². The second kappa shape index (κ2) is 10.9. The molecule has 3 fully saturated rings. The Balaban J connectivity index is 1.30. The number of likely N-dealkylation sites (tertiary alicyclic amines) is 1. The zero-order chi connectivity index (χ0) is 21.6. The molecule has 0 atom stereocenters. The van der Waals surface area contributed by atoms with Gasteiger partial charge in [0.25, 0.3) is 5.91 Å². The van der Waals surface area contributed by atoms with E-state index in [0.29, 0.717) is 5.92 Å². The smallest absolute Gasteiger partial charge is 0.256 e. The predicted molar refractivity (Wildman–Crippen MR) is 129 cm³/mol. The number of nitrogens with one attached hydrogen (secondary N) is 1. The van der Waals surface area contributed by atoms with Crippen molar-refractivity contribution in [3.63, 3.8) is 0 Å². The topological polar surface area (TPSA) is 60.9 Å². The third-order valence-corrected chi connectivity index (χ3v) is 7.68. The van der Waals surface area contributed by atoms with Gasteiger partial charge in [0.1, 0.15) is 0 Å². The number of aryl methyl sites for hydroxylation is 1. The molecular weight excluding hydrogens is 430 g/mol. The van der Waals surface area contributed by atoms with Crippen molar-refractivity contribution < 1.29 is 9.53 Å². The van der Waals surface area contributed by atoms with E-state index < -0.39 is 0 Å². The highest BCUT2D eigenvalue weighted by atomic mass is 32.2. The van der Waals surface area contributed by atoms with Gasteiger partial charge in [0.2, 0.25) is 0 Å². The van der Waals surface area contributed by atoms with Gasteiger partial charge in [-0.2, -0.15) is 0 Å². The number of amides is 1. The van der Waals surface area contributed by atoms with Crippen LogP contribution >= 0.6 is 24.0 Å². The van der Waals surface area contributed by atoms with Gasteiger partial charge in [0, 0.05) is 63.2 Å². The molecule has 9 heteroatoms. The van der Waals surface area contributed by atoms with Gasteiger partial charge in [0.05, 0.1) is 30.3 Å². The van der Waals surface area contributed by atoms with E-state index in [4.69, 9.17) is 21.9 Å². The van der Waals surface area contributed by atoms with Crippen LogP contribution in [0, 0.1) is 6.92 Å². The molecule has 1 aromatic rings. The molecule has 0 radical (unpaired) electrons. The van der Waals surface area contributed by atoms with Gasteiger partial charge in [0.15, 0.2) is 5.11 Å². The van der Waals surface area contributed by atoms with E-state index in [1.807, 2.05) is 35.7 Å². The number of pyridine rings is 1. The minimum Gasteiger partial charge on any atom is -0.379 e.